The molecule has 0 heterocycles. The first-order valence-electron chi connectivity index (χ1n) is 17.4. The lowest BCUT2D eigenvalue weighted by atomic mass is 9.95. The average molecular weight is 757 g/mol. The molecule has 1 aliphatic carbocycles. The van der Waals surface area contributed by atoms with Crippen LogP contribution in [-0.4, -0.2) is 79.5 Å². The van der Waals surface area contributed by atoms with E-state index in [1.165, 1.54) is 36.4 Å². The zero-order chi connectivity index (χ0) is 39.3. The van der Waals surface area contributed by atoms with Crippen molar-refractivity contribution in [1.82, 2.24) is 26.6 Å². The van der Waals surface area contributed by atoms with Crippen LogP contribution in [0.3, 0.4) is 0 Å². The summed E-state index contributed by atoms with van der Waals surface area (Å²) in [6, 6.07) is 7.96. The van der Waals surface area contributed by atoms with Gasteiger partial charge in [-0.15, -0.1) is 0 Å². The fourth-order valence-electron chi connectivity index (χ4n) is 6.05. The van der Waals surface area contributed by atoms with Crippen LogP contribution >= 0.6 is 0 Å². The number of carboxylic acids is 1. The summed E-state index contributed by atoms with van der Waals surface area (Å²) in [4.78, 5) is 90.7. The molecule has 3 rings (SSSR count). The van der Waals surface area contributed by atoms with Crippen molar-refractivity contribution in [2.45, 2.75) is 94.8 Å². The predicted molar refractivity (Wildman–Crippen MR) is 192 cm³/mol. The number of Topliss-reactive ketones (excluding diaryl/α,β-unsaturated/α-hetero) is 1. The molecule has 1 saturated carbocycles. The van der Waals surface area contributed by atoms with E-state index < -0.39 is 82.0 Å². The van der Waals surface area contributed by atoms with Gasteiger partial charge in [0.2, 0.25) is 33.5 Å². The second kappa shape index (κ2) is 19.6. The highest BCUT2D eigenvalue weighted by Crippen LogP contribution is 2.28. The molecule has 0 aromatic heterocycles. The molecule has 17 heteroatoms. The topological polar surface area (TPSA) is 260 Å². The standard InChI is InChI=1S/C36H48N6O10S/c1-4-10-26(31(44)35(48)38-20-28(43)41-30(36(49)50)23-11-6-5-7-12-23)39-33(46)27(19-21(2)3)40-34(47)29(22-13-8-9-14-22)42-32(45)24-15-17-25(18-16-24)53(37,51)52/h5-7,11-12,15-18,21-22,26-27,29-30H,4,8-10,13-14,19-20H2,1-3H3,(H,38,48)(H,39,46)(H,40,47)(H,41,43)(H,42,45)(H,49,50)(H2,37,51,52)/t26?,27-,29-,30-/m0/s1. The largest absolute Gasteiger partial charge is 0.479 e. The van der Waals surface area contributed by atoms with Crippen LogP contribution in [0.1, 0.15) is 87.7 Å². The van der Waals surface area contributed by atoms with Gasteiger partial charge >= 0.3 is 5.97 Å². The Labute approximate surface area is 308 Å². The minimum Gasteiger partial charge on any atom is -0.479 e. The minimum absolute atomic E-state index is 0.0621. The molecule has 1 fully saturated rings. The number of carbonyl (C=O) groups is 7. The number of carbonyl (C=O) groups excluding carboxylic acids is 6. The van der Waals surface area contributed by atoms with Crippen LogP contribution in [0.25, 0.3) is 0 Å². The molecule has 8 N–H and O–H groups in total. The van der Waals surface area contributed by atoms with Crippen molar-refractivity contribution in [2.24, 2.45) is 17.0 Å². The van der Waals surface area contributed by atoms with E-state index in [4.69, 9.17) is 5.14 Å². The van der Waals surface area contributed by atoms with Crippen molar-refractivity contribution < 1.29 is 47.1 Å². The molecule has 16 nitrogen and oxygen atoms in total. The number of rotatable bonds is 19. The maximum Gasteiger partial charge on any atom is 0.330 e. The fraction of sp³-hybridized carbons (Fsp3) is 0.472. The summed E-state index contributed by atoms with van der Waals surface area (Å²) in [7, 11) is -3.98. The molecule has 288 valence electrons. The summed E-state index contributed by atoms with van der Waals surface area (Å²) in [5.41, 5.74) is 0.401. The molecule has 5 amide bonds. The monoisotopic (exact) mass is 756 g/mol. The highest BCUT2D eigenvalue weighted by atomic mass is 32.2. The Balaban J connectivity index is 1.69. The number of amides is 5. The van der Waals surface area contributed by atoms with Crippen LogP contribution < -0.4 is 31.7 Å². The Kier molecular flexibility index (Phi) is 15.6. The van der Waals surface area contributed by atoms with Crippen molar-refractivity contribution in [2.75, 3.05) is 6.54 Å². The number of carboxylic acid groups (broad SMARTS) is 1. The van der Waals surface area contributed by atoms with Crippen LogP contribution in [0, 0.1) is 11.8 Å². The molecule has 2 aromatic carbocycles. The van der Waals surface area contributed by atoms with Gasteiger partial charge in [0.15, 0.2) is 6.04 Å². The smallest absolute Gasteiger partial charge is 0.330 e. The molecule has 1 unspecified atom stereocenters. The number of aliphatic carboxylic acids is 1. The molecular formula is C36H48N6O10S. The Bertz CT molecular complexity index is 1750. The van der Waals surface area contributed by atoms with Crippen molar-refractivity contribution in [3.63, 3.8) is 0 Å². The summed E-state index contributed by atoms with van der Waals surface area (Å²) in [5.74, 6) is -6.71. The van der Waals surface area contributed by atoms with E-state index >= 15 is 0 Å². The molecule has 0 bridgehead atoms. The third-order valence-corrected chi connectivity index (χ3v) is 9.68. The van der Waals surface area contributed by atoms with E-state index in [0.29, 0.717) is 24.8 Å². The first kappa shape index (κ1) is 42.3. The van der Waals surface area contributed by atoms with E-state index in [1.54, 1.807) is 25.1 Å². The minimum atomic E-state index is -3.98. The van der Waals surface area contributed by atoms with Crippen molar-refractivity contribution in [3.8, 4) is 0 Å². The average Bonchev–Trinajstić information content (AvgIpc) is 3.65. The van der Waals surface area contributed by atoms with Crippen LogP contribution in [0.4, 0.5) is 0 Å². The molecular weight excluding hydrogens is 708 g/mol. The number of primary sulfonamides is 1. The second-order valence-corrected chi connectivity index (χ2v) is 15.0. The van der Waals surface area contributed by atoms with Gasteiger partial charge in [0.1, 0.15) is 12.1 Å². The molecule has 2 aromatic rings. The van der Waals surface area contributed by atoms with Gasteiger partial charge in [0.25, 0.3) is 11.8 Å². The predicted octanol–water partition coefficient (Wildman–Crippen LogP) is 1.07. The normalized spacial score (nSPS) is 15.3. The van der Waals surface area contributed by atoms with Crippen molar-refractivity contribution in [3.05, 3.63) is 65.7 Å². The second-order valence-electron chi connectivity index (χ2n) is 13.4. The van der Waals surface area contributed by atoms with E-state index in [2.05, 4.69) is 26.6 Å². The van der Waals surface area contributed by atoms with Gasteiger partial charge in [-0.3, -0.25) is 28.8 Å². The third kappa shape index (κ3) is 12.8. The van der Waals surface area contributed by atoms with Crippen LogP contribution in [0.15, 0.2) is 59.5 Å². The van der Waals surface area contributed by atoms with Crippen LogP contribution in [0.5, 0.6) is 0 Å². The number of nitrogens with one attached hydrogen (secondary N) is 5. The summed E-state index contributed by atoms with van der Waals surface area (Å²) >= 11 is 0. The zero-order valence-electron chi connectivity index (χ0n) is 29.9. The lowest BCUT2D eigenvalue weighted by Gasteiger charge is -2.28. The van der Waals surface area contributed by atoms with Crippen molar-refractivity contribution in [1.29, 1.82) is 0 Å². The lowest BCUT2D eigenvalue weighted by molar-refractivity contribution is -0.142. The van der Waals surface area contributed by atoms with Gasteiger partial charge in [0.05, 0.1) is 17.5 Å². The highest BCUT2D eigenvalue weighted by Gasteiger charge is 2.36. The Morgan fingerprint density at radius 2 is 1.43 bits per heavy atom. The highest BCUT2D eigenvalue weighted by molar-refractivity contribution is 7.89. The summed E-state index contributed by atoms with van der Waals surface area (Å²) in [6.45, 7) is 4.68. The first-order chi connectivity index (χ1) is 25.0. The third-order valence-electron chi connectivity index (χ3n) is 8.75. The molecule has 0 spiro atoms. The van der Waals surface area contributed by atoms with Crippen molar-refractivity contribution >= 4 is 51.3 Å². The summed E-state index contributed by atoms with van der Waals surface area (Å²) in [5, 5.41) is 27.2. The fourth-order valence-corrected chi connectivity index (χ4v) is 6.57. The van der Waals surface area contributed by atoms with E-state index in [0.717, 1.165) is 12.8 Å². The molecule has 0 radical (unpaired) electrons. The first-order valence-corrected chi connectivity index (χ1v) is 19.0. The van der Waals surface area contributed by atoms with E-state index in [-0.39, 0.29) is 35.1 Å². The SMILES string of the molecule is CCCC(NC(=O)[C@H](CC(C)C)NC(=O)[C@@H](NC(=O)c1ccc(S(N)(=O)=O)cc1)C1CCCC1)C(=O)C(=O)NCC(=O)N[C@H](C(=O)O)c1ccccc1. The molecule has 4 atom stereocenters. The van der Waals surface area contributed by atoms with E-state index in [1.807, 2.05) is 13.8 Å². The molecule has 0 aliphatic heterocycles. The van der Waals surface area contributed by atoms with Gasteiger partial charge in [-0.25, -0.2) is 18.4 Å². The number of nitrogens with two attached hydrogens (primary N) is 1. The molecule has 53 heavy (non-hydrogen) atoms. The van der Waals surface area contributed by atoms with Gasteiger partial charge in [-0.2, -0.15) is 0 Å². The number of ketones is 1. The van der Waals surface area contributed by atoms with Gasteiger partial charge in [-0.05, 0) is 67.3 Å². The molecule has 0 saturated heterocycles. The van der Waals surface area contributed by atoms with Crippen LogP contribution in [-0.2, 0) is 38.8 Å². The summed E-state index contributed by atoms with van der Waals surface area (Å²) in [6.07, 6.45) is 3.56. The quantitative estimate of drug-likeness (QED) is 0.100. The Morgan fingerprint density at radius 1 is 0.830 bits per heavy atom. The number of sulfonamides is 1. The maximum atomic E-state index is 13.8. The van der Waals surface area contributed by atoms with Gasteiger partial charge in [-0.1, -0.05) is 70.4 Å². The number of hydrogen-bond donors (Lipinski definition) is 7. The summed E-state index contributed by atoms with van der Waals surface area (Å²) < 4.78 is 23.3. The Hall–Kier alpha value is -5.16. The van der Waals surface area contributed by atoms with Gasteiger partial charge < -0.3 is 31.7 Å². The maximum absolute atomic E-state index is 13.8. The Morgan fingerprint density at radius 3 is 1.98 bits per heavy atom. The zero-order valence-corrected chi connectivity index (χ0v) is 30.7. The van der Waals surface area contributed by atoms with Gasteiger partial charge in [0, 0.05) is 5.56 Å². The van der Waals surface area contributed by atoms with E-state index in [9.17, 15) is 47.1 Å². The van der Waals surface area contributed by atoms with Crippen LogP contribution in [0.2, 0.25) is 0 Å². The number of benzene rings is 2. The molecule has 1 aliphatic rings. The lowest BCUT2D eigenvalue weighted by Crippen LogP contribution is -2.58. The number of hydrogen-bond acceptors (Lipinski definition) is 9.